The van der Waals surface area contributed by atoms with E-state index in [9.17, 15) is 0 Å². The van der Waals surface area contributed by atoms with Crippen molar-refractivity contribution in [3.05, 3.63) is 5.75 Å². The average molecular weight is 229 g/mol. The fraction of sp³-hybridized carbons (Fsp3) is 0.929. The molecule has 0 nitrogen and oxygen atoms in total. The molecule has 0 aromatic heterocycles. The van der Waals surface area contributed by atoms with Gasteiger partial charge >= 0.3 is 0 Å². The first-order chi connectivity index (χ1) is 7.41. The summed E-state index contributed by atoms with van der Waals surface area (Å²) in [6, 6.07) is 0. The Bertz CT molecular complexity index is 89.5. The van der Waals surface area contributed by atoms with Crippen molar-refractivity contribution in [1.82, 2.24) is 0 Å². The van der Waals surface area contributed by atoms with E-state index in [0.29, 0.717) is 0 Å². The van der Waals surface area contributed by atoms with E-state index in [1.807, 2.05) is 11.8 Å². The number of hydrogen-bond donors (Lipinski definition) is 0. The second-order valence-electron chi connectivity index (χ2n) is 4.30. The standard InChI is InChI=1S/C14H29S/c1-3-5-7-8-9-10-11-12-14-15-13-6-4-2/h14H,3-13H2,1-2H3. The molecule has 0 spiro atoms. The number of hydrogen-bond acceptors (Lipinski definition) is 1. The van der Waals surface area contributed by atoms with Gasteiger partial charge in [0.15, 0.2) is 0 Å². The van der Waals surface area contributed by atoms with Crippen molar-refractivity contribution in [3.63, 3.8) is 0 Å². The molecule has 0 aliphatic heterocycles. The molecule has 0 aromatic rings. The van der Waals surface area contributed by atoms with Crippen LogP contribution in [0, 0.1) is 5.75 Å². The number of unbranched alkanes of at least 4 members (excludes halogenated alkanes) is 8. The van der Waals surface area contributed by atoms with Gasteiger partial charge in [0, 0.05) is 5.75 Å². The first-order valence-electron chi connectivity index (χ1n) is 6.85. The summed E-state index contributed by atoms with van der Waals surface area (Å²) in [4.78, 5) is 0. The number of thioether (sulfide) groups is 1. The molecule has 1 heteroatoms. The molecule has 0 heterocycles. The van der Waals surface area contributed by atoms with Gasteiger partial charge in [0.1, 0.15) is 0 Å². The molecular formula is C14H29S. The van der Waals surface area contributed by atoms with Gasteiger partial charge in [-0.25, -0.2) is 0 Å². The van der Waals surface area contributed by atoms with Crippen LogP contribution >= 0.6 is 11.8 Å². The predicted molar refractivity (Wildman–Crippen MR) is 74.3 cm³/mol. The highest BCUT2D eigenvalue weighted by Crippen LogP contribution is 2.15. The summed E-state index contributed by atoms with van der Waals surface area (Å²) in [5, 5.41) is 0. The summed E-state index contributed by atoms with van der Waals surface area (Å²) in [5.74, 6) is 3.74. The van der Waals surface area contributed by atoms with Crippen LogP contribution < -0.4 is 0 Å². The lowest BCUT2D eigenvalue weighted by Gasteiger charge is -2.01. The van der Waals surface area contributed by atoms with Crippen molar-refractivity contribution < 1.29 is 0 Å². The van der Waals surface area contributed by atoms with Crippen LogP contribution in [0.15, 0.2) is 0 Å². The van der Waals surface area contributed by atoms with Crippen LogP contribution in [0.25, 0.3) is 0 Å². The van der Waals surface area contributed by atoms with Crippen LogP contribution in [-0.4, -0.2) is 5.75 Å². The monoisotopic (exact) mass is 229 g/mol. The summed E-state index contributed by atoms with van der Waals surface area (Å²) in [7, 11) is 0. The Kier molecular flexibility index (Phi) is 14.7. The Labute approximate surface area is 102 Å². The topological polar surface area (TPSA) is 0 Å². The van der Waals surface area contributed by atoms with E-state index >= 15 is 0 Å². The van der Waals surface area contributed by atoms with Gasteiger partial charge < -0.3 is 0 Å². The molecule has 91 valence electrons. The van der Waals surface area contributed by atoms with Crippen LogP contribution in [0.4, 0.5) is 0 Å². The Balaban J connectivity index is 2.81. The lowest BCUT2D eigenvalue weighted by atomic mass is 10.1. The van der Waals surface area contributed by atoms with Gasteiger partial charge in [-0.05, 0) is 18.6 Å². The van der Waals surface area contributed by atoms with E-state index < -0.39 is 0 Å². The lowest BCUT2D eigenvalue weighted by molar-refractivity contribution is 0.591. The molecule has 0 N–H and O–H groups in total. The zero-order valence-electron chi connectivity index (χ0n) is 10.8. The van der Waals surface area contributed by atoms with Crippen molar-refractivity contribution >= 4 is 11.8 Å². The maximum atomic E-state index is 2.42. The quantitative estimate of drug-likeness (QED) is 0.380. The first-order valence-corrected chi connectivity index (χ1v) is 7.90. The van der Waals surface area contributed by atoms with E-state index in [-0.39, 0.29) is 0 Å². The van der Waals surface area contributed by atoms with Crippen molar-refractivity contribution in [3.8, 4) is 0 Å². The Morgan fingerprint density at radius 2 is 1.33 bits per heavy atom. The molecule has 1 radical (unpaired) electrons. The van der Waals surface area contributed by atoms with Gasteiger partial charge in [0.2, 0.25) is 0 Å². The molecule has 0 aliphatic carbocycles. The third-order valence-electron chi connectivity index (χ3n) is 2.66. The minimum Gasteiger partial charge on any atom is -0.157 e. The summed E-state index contributed by atoms with van der Waals surface area (Å²) in [5.41, 5.74) is 0. The largest absolute Gasteiger partial charge is 0.157 e. The predicted octanol–water partition coefficient (Wildman–Crippen LogP) is 5.82. The Hall–Kier alpha value is 0.350. The number of rotatable bonds is 12. The molecule has 0 amide bonds. The van der Waals surface area contributed by atoms with E-state index in [4.69, 9.17) is 0 Å². The van der Waals surface area contributed by atoms with Crippen molar-refractivity contribution in [2.24, 2.45) is 0 Å². The van der Waals surface area contributed by atoms with Gasteiger partial charge in [-0.3, -0.25) is 0 Å². The van der Waals surface area contributed by atoms with Gasteiger partial charge in [-0.2, -0.15) is 11.8 Å². The van der Waals surface area contributed by atoms with Gasteiger partial charge in [0.05, 0.1) is 0 Å². The SMILES string of the molecule is CCCCCCCCC[CH]SCCCC. The van der Waals surface area contributed by atoms with Crippen LogP contribution in [-0.2, 0) is 0 Å². The Morgan fingerprint density at radius 3 is 2.00 bits per heavy atom. The molecule has 0 saturated heterocycles. The maximum absolute atomic E-state index is 2.42. The molecule has 0 aliphatic rings. The summed E-state index contributed by atoms with van der Waals surface area (Å²) in [6.45, 7) is 4.54. The first kappa shape index (κ1) is 15.3. The van der Waals surface area contributed by atoms with Crippen molar-refractivity contribution in [2.75, 3.05) is 5.75 Å². The van der Waals surface area contributed by atoms with Crippen molar-refractivity contribution in [2.45, 2.75) is 78.1 Å². The van der Waals surface area contributed by atoms with Gasteiger partial charge in [0.25, 0.3) is 0 Å². The zero-order chi connectivity index (χ0) is 11.2. The fourth-order valence-electron chi connectivity index (χ4n) is 1.58. The van der Waals surface area contributed by atoms with Crippen LogP contribution in [0.3, 0.4) is 0 Å². The van der Waals surface area contributed by atoms with Crippen molar-refractivity contribution in [1.29, 1.82) is 0 Å². The van der Waals surface area contributed by atoms with E-state index in [0.717, 1.165) is 0 Å². The third kappa shape index (κ3) is 14.4. The van der Waals surface area contributed by atoms with E-state index in [2.05, 4.69) is 19.6 Å². The molecular weight excluding hydrogens is 200 g/mol. The smallest absolute Gasteiger partial charge is 0.0166 e. The highest BCUT2D eigenvalue weighted by molar-refractivity contribution is 8.01. The average Bonchev–Trinajstić information content (AvgIpc) is 2.26. The molecule has 0 unspecified atom stereocenters. The highest BCUT2D eigenvalue weighted by atomic mass is 32.2. The van der Waals surface area contributed by atoms with Crippen LogP contribution in [0.5, 0.6) is 0 Å². The molecule has 0 bridgehead atoms. The second kappa shape index (κ2) is 14.3. The Morgan fingerprint density at radius 1 is 0.733 bits per heavy atom. The summed E-state index contributed by atoms with van der Waals surface area (Å²) >= 11 is 2.02. The molecule has 0 fully saturated rings. The molecule has 0 atom stereocenters. The van der Waals surface area contributed by atoms with Gasteiger partial charge in [-0.15, -0.1) is 0 Å². The van der Waals surface area contributed by atoms with E-state index in [1.165, 1.54) is 70.0 Å². The third-order valence-corrected chi connectivity index (χ3v) is 3.65. The van der Waals surface area contributed by atoms with Gasteiger partial charge in [-0.1, -0.05) is 65.2 Å². The minimum atomic E-state index is 1.32. The fourth-order valence-corrected chi connectivity index (χ4v) is 2.53. The highest BCUT2D eigenvalue weighted by Gasteiger charge is 1.92. The minimum absolute atomic E-state index is 1.32. The summed E-state index contributed by atoms with van der Waals surface area (Å²) in [6.07, 6.45) is 14.0. The van der Waals surface area contributed by atoms with Crippen LogP contribution in [0.2, 0.25) is 0 Å². The van der Waals surface area contributed by atoms with Crippen LogP contribution in [0.1, 0.15) is 78.1 Å². The zero-order valence-corrected chi connectivity index (χ0v) is 11.6. The molecule has 15 heavy (non-hydrogen) atoms. The normalized spacial score (nSPS) is 10.8. The molecule has 0 aromatic carbocycles. The molecule has 0 rings (SSSR count). The maximum Gasteiger partial charge on any atom is 0.0166 e. The second-order valence-corrected chi connectivity index (χ2v) is 5.38. The molecule has 0 saturated carbocycles. The summed E-state index contributed by atoms with van der Waals surface area (Å²) < 4.78 is 0. The lowest BCUT2D eigenvalue weighted by Crippen LogP contribution is -1.81. The van der Waals surface area contributed by atoms with E-state index in [1.54, 1.807) is 0 Å².